The number of hydrogen-bond acceptors (Lipinski definition) is 4. The molecule has 148 valence electrons. The number of aliphatic hydroxyl groups is 1. The average molecular weight is 403 g/mol. The molecule has 0 aliphatic heterocycles. The van der Waals surface area contributed by atoms with Crippen LogP contribution < -0.4 is 4.74 Å². The van der Waals surface area contributed by atoms with Gasteiger partial charge in [0.05, 0.1) is 0 Å². The highest BCUT2D eigenvalue weighted by molar-refractivity contribution is 6.30. The minimum Gasteiger partial charge on any atom is -0.491 e. The summed E-state index contributed by atoms with van der Waals surface area (Å²) in [5.41, 5.74) is 0. The average Bonchev–Trinajstić information content (AvgIpc) is 3.00. The summed E-state index contributed by atoms with van der Waals surface area (Å²) in [6.07, 6.45) is 13.5. The lowest BCUT2D eigenvalue weighted by Crippen LogP contribution is -2.17. The van der Waals surface area contributed by atoms with E-state index in [2.05, 4.69) is 0 Å². The molecule has 0 saturated heterocycles. The Bertz CT molecular complexity index is 794. The fourth-order valence-electron chi connectivity index (χ4n) is 2.76. The molecule has 1 aliphatic rings. The molecule has 0 unspecified atom stereocenters. The number of hydrogen-bond donors (Lipinski definition) is 2. The first-order valence-electron chi connectivity index (χ1n) is 8.97. The smallest absolute Gasteiger partial charge is 0.327 e. The van der Waals surface area contributed by atoms with E-state index in [1.165, 1.54) is 0 Å². The Morgan fingerprint density at radius 2 is 2.11 bits per heavy atom. The van der Waals surface area contributed by atoms with Gasteiger partial charge in [0.25, 0.3) is 0 Å². The number of carbonyl (C=O) groups excluding carboxylic acids is 1. The summed E-state index contributed by atoms with van der Waals surface area (Å²) < 4.78 is 5.49. The van der Waals surface area contributed by atoms with Crippen molar-refractivity contribution >= 4 is 23.4 Å². The van der Waals surface area contributed by atoms with E-state index in [0.29, 0.717) is 23.6 Å². The van der Waals surface area contributed by atoms with E-state index in [9.17, 15) is 14.7 Å². The van der Waals surface area contributed by atoms with Gasteiger partial charge in [-0.25, -0.2) is 4.79 Å². The molecule has 2 rings (SSSR count). The number of halogens is 1. The second kappa shape index (κ2) is 11.3. The molecular weight excluding hydrogens is 380 g/mol. The number of allylic oxidation sites excluding steroid dienone is 6. The van der Waals surface area contributed by atoms with Crippen molar-refractivity contribution in [3.63, 3.8) is 0 Å². The Labute approximate surface area is 169 Å². The van der Waals surface area contributed by atoms with Gasteiger partial charge in [-0.1, -0.05) is 54.1 Å². The van der Waals surface area contributed by atoms with Gasteiger partial charge in [-0.3, -0.25) is 4.79 Å². The van der Waals surface area contributed by atoms with Crippen molar-refractivity contribution in [2.45, 2.75) is 18.9 Å². The monoisotopic (exact) mass is 402 g/mol. The molecule has 0 amide bonds. The van der Waals surface area contributed by atoms with Gasteiger partial charge < -0.3 is 14.9 Å². The highest BCUT2D eigenvalue weighted by atomic mass is 35.5. The summed E-state index contributed by atoms with van der Waals surface area (Å²) in [7, 11) is 0. The number of ketones is 1. The molecule has 1 aliphatic carbocycles. The highest BCUT2D eigenvalue weighted by Gasteiger charge is 2.26. The molecule has 0 bridgehead atoms. The van der Waals surface area contributed by atoms with Crippen molar-refractivity contribution in [3.05, 3.63) is 77.9 Å². The summed E-state index contributed by atoms with van der Waals surface area (Å²) in [5.74, 6) is -0.702. The number of aliphatic hydroxyl groups excluding tert-OH is 1. The molecular formula is C22H23ClO5. The van der Waals surface area contributed by atoms with Crippen LogP contribution in [0.2, 0.25) is 5.02 Å². The van der Waals surface area contributed by atoms with Crippen molar-refractivity contribution in [1.82, 2.24) is 0 Å². The fraction of sp³-hybridized carbons (Fsp3) is 0.273. The summed E-state index contributed by atoms with van der Waals surface area (Å²) in [4.78, 5) is 22.4. The van der Waals surface area contributed by atoms with Crippen molar-refractivity contribution < 1.29 is 24.5 Å². The number of aliphatic carboxylic acids is 1. The SMILES string of the molecule is O=C(O)/C=C/C/C=C\C[C@H]1C=CC(=O)[C@@H]1/C=C/[C@@H](O)COc1cccc(Cl)c1. The molecule has 6 heteroatoms. The van der Waals surface area contributed by atoms with Gasteiger partial charge in [0.15, 0.2) is 5.78 Å². The summed E-state index contributed by atoms with van der Waals surface area (Å²) in [6.45, 7) is 0.0612. The molecule has 0 fully saturated rings. The molecule has 0 saturated carbocycles. The second-order valence-corrected chi connectivity index (χ2v) is 6.79. The number of benzene rings is 1. The first-order chi connectivity index (χ1) is 13.5. The van der Waals surface area contributed by atoms with Crippen LogP contribution in [0.15, 0.2) is 72.9 Å². The molecule has 1 aromatic carbocycles. The van der Waals surface area contributed by atoms with Gasteiger partial charge in [-0.15, -0.1) is 0 Å². The molecule has 2 N–H and O–H groups in total. The lowest BCUT2D eigenvalue weighted by Gasteiger charge is -2.14. The zero-order valence-corrected chi connectivity index (χ0v) is 16.0. The van der Waals surface area contributed by atoms with Crippen molar-refractivity contribution in [2.24, 2.45) is 11.8 Å². The van der Waals surface area contributed by atoms with Crippen LogP contribution in [0.25, 0.3) is 0 Å². The maximum absolute atomic E-state index is 12.1. The van der Waals surface area contributed by atoms with E-state index in [1.807, 2.05) is 18.2 Å². The van der Waals surface area contributed by atoms with Crippen LogP contribution in [0.3, 0.4) is 0 Å². The second-order valence-electron chi connectivity index (χ2n) is 6.36. The molecule has 0 radical (unpaired) electrons. The lowest BCUT2D eigenvalue weighted by atomic mass is 9.91. The molecule has 28 heavy (non-hydrogen) atoms. The maximum Gasteiger partial charge on any atom is 0.327 e. The summed E-state index contributed by atoms with van der Waals surface area (Å²) in [6, 6.07) is 6.91. The zero-order valence-electron chi connectivity index (χ0n) is 15.3. The van der Waals surface area contributed by atoms with E-state index < -0.39 is 12.1 Å². The predicted octanol–water partition coefficient (Wildman–Crippen LogP) is 3.98. The minimum absolute atomic E-state index is 0.00313. The Kier molecular flexibility index (Phi) is 8.72. The Morgan fingerprint density at radius 3 is 2.86 bits per heavy atom. The normalized spacial score (nSPS) is 20.6. The van der Waals surface area contributed by atoms with Crippen LogP contribution in [-0.2, 0) is 9.59 Å². The number of carboxylic acid groups (broad SMARTS) is 1. The van der Waals surface area contributed by atoms with Gasteiger partial charge in [0, 0.05) is 17.0 Å². The van der Waals surface area contributed by atoms with E-state index in [0.717, 1.165) is 6.08 Å². The van der Waals surface area contributed by atoms with Gasteiger partial charge in [0.2, 0.25) is 0 Å². The third kappa shape index (κ3) is 7.55. The Hall–Kier alpha value is -2.63. The van der Waals surface area contributed by atoms with Crippen molar-refractivity contribution in [3.8, 4) is 5.75 Å². The number of carbonyl (C=O) groups is 2. The Morgan fingerprint density at radius 1 is 1.29 bits per heavy atom. The number of ether oxygens (including phenoxy) is 1. The molecule has 1 aromatic rings. The molecule has 5 nitrogen and oxygen atoms in total. The largest absolute Gasteiger partial charge is 0.491 e. The molecule has 0 aromatic heterocycles. The number of carboxylic acids is 1. The number of rotatable bonds is 10. The maximum atomic E-state index is 12.1. The van der Waals surface area contributed by atoms with Gasteiger partial charge >= 0.3 is 5.97 Å². The van der Waals surface area contributed by atoms with Crippen LogP contribution >= 0.6 is 11.6 Å². The minimum atomic E-state index is -0.971. The first kappa shape index (κ1) is 21.7. The third-order valence-electron chi connectivity index (χ3n) is 4.16. The fourth-order valence-corrected chi connectivity index (χ4v) is 2.94. The van der Waals surface area contributed by atoms with Crippen LogP contribution in [-0.4, -0.2) is 34.7 Å². The van der Waals surface area contributed by atoms with Gasteiger partial charge in [0.1, 0.15) is 18.5 Å². The van der Waals surface area contributed by atoms with Gasteiger partial charge in [-0.2, -0.15) is 0 Å². The summed E-state index contributed by atoms with van der Waals surface area (Å²) >= 11 is 5.89. The van der Waals surface area contributed by atoms with E-state index in [4.69, 9.17) is 21.4 Å². The van der Waals surface area contributed by atoms with Crippen LogP contribution in [0, 0.1) is 11.8 Å². The summed E-state index contributed by atoms with van der Waals surface area (Å²) in [5, 5.41) is 19.2. The van der Waals surface area contributed by atoms with E-state index in [1.54, 1.807) is 48.6 Å². The molecule has 3 atom stereocenters. The Balaban J connectivity index is 1.81. The van der Waals surface area contributed by atoms with Gasteiger partial charge in [-0.05, 0) is 43.0 Å². The highest BCUT2D eigenvalue weighted by Crippen LogP contribution is 2.27. The standard InChI is InChI=1S/C22H23ClO5/c23-17-7-5-8-19(14-17)28-15-18(24)11-12-20-16(10-13-21(20)25)6-3-1-2-4-9-22(26)27/h1,3-5,7-14,16,18,20,24H,2,6,15H2,(H,26,27)/b3-1-,9-4+,12-11+/t16-,18+,20+/m0/s1. The van der Waals surface area contributed by atoms with E-state index >= 15 is 0 Å². The predicted molar refractivity (Wildman–Crippen MR) is 108 cm³/mol. The van der Waals surface area contributed by atoms with Crippen LogP contribution in [0.4, 0.5) is 0 Å². The van der Waals surface area contributed by atoms with Crippen LogP contribution in [0.5, 0.6) is 5.75 Å². The first-order valence-corrected chi connectivity index (χ1v) is 9.35. The van der Waals surface area contributed by atoms with Crippen LogP contribution in [0.1, 0.15) is 12.8 Å². The third-order valence-corrected chi connectivity index (χ3v) is 4.40. The van der Waals surface area contributed by atoms with Crippen molar-refractivity contribution in [2.75, 3.05) is 6.61 Å². The lowest BCUT2D eigenvalue weighted by molar-refractivity contribution is -0.131. The molecule has 0 heterocycles. The van der Waals surface area contributed by atoms with E-state index in [-0.39, 0.29) is 24.2 Å². The zero-order chi connectivity index (χ0) is 20.4. The quantitative estimate of drug-likeness (QED) is 0.456. The van der Waals surface area contributed by atoms with Crippen molar-refractivity contribution in [1.29, 1.82) is 0 Å². The topological polar surface area (TPSA) is 83.8 Å². The molecule has 0 spiro atoms.